The Morgan fingerprint density at radius 3 is 2.27 bits per heavy atom. The molecular formula is C29H38N4O7. The molecule has 2 aromatic rings. The number of amides is 3. The topological polar surface area (TPSA) is 166 Å². The first kappa shape index (κ1) is 29.3. The number of nitrogens with two attached hydrogens (primary N) is 1. The molecule has 1 aromatic heterocycles. The van der Waals surface area contributed by atoms with Crippen molar-refractivity contribution in [1.29, 1.82) is 0 Å². The molecule has 11 heteroatoms. The van der Waals surface area contributed by atoms with Gasteiger partial charge < -0.3 is 30.4 Å². The van der Waals surface area contributed by atoms with Crippen LogP contribution in [-0.4, -0.2) is 60.1 Å². The summed E-state index contributed by atoms with van der Waals surface area (Å²) in [5, 5.41) is 9.64. The number of carbonyl (C=O) groups is 4. The van der Waals surface area contributed by atoms with Crippen LogP contribution in [0.5, 0.6) is 5.75 Å². The minimum atomic E-state index is -0.988. The summed E-state index contributed by atoms with van der Waals surface area (Å²) in [5.41, 5.74) is 5.85. The van der Waals surface area contributed by atoms with Crippen LogP contribution in [-0.2, 0) is 25.5 Å². The van der Waals surface area contributed by atoms with Crippen molar-refractivity contribution in [3.05, 3.63) is 46.8 Å². The van der Waals surface area contributed by atoms with Gasteiger partial charge >= 0.3 is 0 Å². The van der Waals surface area contributed by atoms with Gasteiger partial charge in [0.1, 0.15) is 17.4 Å². The molecule has 2 aliphatic rings. The van der Waals surface area contributed by atoms with E-state index in [1.807, 2.05) is 12.1 Å². The number of nitrogens with one attached hydrogen (secondary N) is 2. The lowest BCUT2D eigenvalue weighted by Crippen LogP contribution is -2.55. The monoisotopic (exact) mass is 554 g/mol. The summed E-state index contributed by atoms with van der Waals surface area (Å²) in [6, 6.07) is 5.48. The number of Topliss-reactive ketones (excluding diaryl/α,β-unsaturated/α-hetero) is 1. The highest BCUT2D eigenvalue weighted by molar-refractivity contribution is 5.98. The van der Waals surface area contributed by atoms with E-state index in [1.165, 1.54) is 0 Å². The van der Waals surface area contributed by atoms with Crippen LogP contribution in [0.4, 0.5) is 0 Å². The van der Waals surface area contributed by atoms with Crippen molar-refractivity contribution in [2.24, 2.45) is 11.7 Å². The van der Waals surface area contributed by atoms with Gasteiger partial charge in [0.15, 0.2) is 5.78 Å². The molecule has 216 valence electrons. The molecule has 2 heterocycles. The first-order valence-electron chi connectivity index (χ1n) is 13.7. The maximum atomic E-state index is 13.7. The highest BCUT2D eigenvalue weighted by atomic mass is 16.6. The van der Waals surface area contributed by atoms with Crippen molar-refractivity contribution in [2.45, 2.75) is 82.9 Å². The van der Waals surface area contributed by atoms with Gasteiger partial charge in [-0.05, 0) is 50.8 Å². The van der Waals surface area contributed by atoms with Crippen molar-refractivity contribution in [3.63, 3.8) is 0 Å². The number of methoxy groups -OCH3 is 1. The largest absolute Gasteiger partial charge is 0.497 e. The van der Waals surface area contributed by atoms with Crippen LogP contribution in [0.25, 0.3) is 0 Å². The smallest absolute Gasteiger partial charge is 0.287 e. The number of ketones is 1. The molecule has 1 saturated carbocycles. The molecule has 1 saturated heterocycles. The maximum absolute atomic E-state index is 13.7. The molecule has 2 fully saturated rings. The minimum Gasteiger partial charge on any atom is -0.497 e. The van der Waals surface area contributed by atoms with Gasteiger partial charge in [0, 0.05) is 12.0 Å². The van der Waals surface area contributed by atoms with E-state index in [-0.39, 0.29) is 23.7 Å². The quantitative estimate of drug-likeness (QED) is 0.317. The first-order chi connectivity index (χ1) is 19.0. The van der Waals surface area contributed by atoms with Gasteiger partial charge in [0.25, 0.3) is 5.91 Å². The van der Waals surface area contributed by atoms with Crippen LogP contribution in [0.3, 0.4) is 0 Å². The third-order valence-electron chi connectivity index (χ3n) is 7.99. The van der Waals surface area contributed by atoms with Gasteiger partial charge in [-0.25, -0.2) is 0 Å². The Hall–Kier alpha value is -3.73. The van der Waals surface area contributed by atoms with Crippen LogP contribution in [0.15, 0.2) is 28.8 Å². The van der Waals surface area contributed by atoms with E-state index in [2.05, 4.69) is 15.8 Å². The van der Waals surface area contributed by atoms with Crippen molar-refractivity contribution < 1.29 is 33.2 Å². The molecule has 4 rings (SSSR count). The molecule has 11 nitrogen and oxygen atoms in total. The van der Waals surface area contributed by atoms with Gasteiger partial charge in [-0.2, -0.15) is 0 Å². The number of primary amides is 1. The number of ether oxygens (including phenoxy) is 2. The standard InChI is InChI=1S/C29H38N4O7/c1-16-23(33-40-24(16)26(30)35)17(2)27(36)32-22(14-19-9-11-20(38-4)12-10-19)28(37)31-21(13-18-7-5-6-8-18)25(34)29(3)15-39-29/h9-12,17-18,21-22H,5-8,13-15H2,1-4H3,(H2,30,35)(H,31,37)(H,32,36)/t17-,21+,22+,29-/m1/s1. The summed E-state index contributed by atoms with van der Waals surface area (Å²) in [4.78, 5) is 52.0. The Morgan fingerprint density at radius 2 is 1.73 bits per heavy atom. The fourth-order valence-electron chi connectivity index (χ4n) is 5.31. The summed E-state index contributed by atoms with van der Waals surface area (Å²) in [7, 11) is 1.56. The highest BCUT2D eigenvalue weighted by Crippen LogP contribution is 2.33. The lowest BCUT2D eigenvalue weighted by Gasteiger charge is -2.26. The molecule has 1 aromatic carbocycles. The Morgan fingerprint density at radius 1 is 1.10 bits per heavy atom. The summed E-state index contributed by atoms with van der Waals surface area (Å²) in [6.07, 6.45) is 4.98. The number of nitrogens with zero attached hydrogens (tertiary/aromatic N) is 1. The van der Waals surface area contributed by atoms with Crippen LogP contribution in [0, 0.1) is 12.8 Å². The third kappa shape index (κ3) is 6.70. The molecule has 4 N–H and O–H groups in total. The number of epoxide rings is 1. The highest BCUT2D eigenvalue weighted by Gasteiger charge is 2.50. The average molecular weight is 555 g/mol. The third-order valence-corrected chi connectivity index (χ3v) is 7.99. The predicted octanol–water partition coefficient (Wildman–Crippen LogP) is 2.34. The minimum absolute atomic E-state index is 0.119. The predicted molar refractivity (Wildman–Crippen MR) is 145 cm³/mol. The fourth-order valence-corrected chi connectivity index (χ4v) is 5.31. The molecular weight excluding hydrogens is 516 g/mol. The molecule has 0 spiro atoms. The van der Waals surface area contributed by atoms with Gasteiger partial charge in [-0.15, -0.1) is 0 Å². The van der Waals surface area contributed by atoms with E-state index in [0.717, 1.165) is 31.2 Å². The van der Waals surface area contributed by atoms with E-state index in [4.69, 9.17) is 19.7 Å². The number of hydrogen-bond acceptors (Lipinski definition) is 8. The van der Waals surface area contributed by atoms with Crippen LogP contribution in [0.2, 0.25) is 0 Å². The number of rotatable bonds is 13. The molecule has 3 amide bonds. The van der Waals surface area contributed by atoms with Crippen molar-refractivity contribution in [1.82, 2.24) is 15.8 Å². The van der Waals surface area contributed by atoms with Crippen LogP contribution in [0.1, 0.15) is 79.2 Å². The SMILES string of the molecule is COc1ccc(C[C@H](NC(=O)[C@H](C)c2noc(C(N)=O)c2C)C(=O)N[C@@H](CC2CCCC2)C(=O)[C@@]2(C)CO2)cc1. The second-order valence-electron chi connectivity index (χ2n) is 11.1. The van der Waals surface area contributed by atoms with Crippen molar-refractivity contribution >= 4 is 23.5 Å². The van der Waals surface area contributed by atoms with E-state index in [9.17, 15) is 19.2 Å². The van der Waals surface area contributed by atoms with E-state index in [1.54, 1.807) is 40.0 Å². The zero-order valence-corrected chi connectivity index (χ0v) is 23.5. The number of aromatic nitrogens is 1. The van der Waals surface area contributed by atoms with Crippen LogP contribution >= 0.6 is 0 Å². The lowest BCUT2D eigenvalue weighted by atomic mass is 9.90. The van der Waals surface area contributed by atoms with Gasteiger partial charge in [-0.1, -0.05) is 43.0 Å². The second-order valence-corrected chi connectivity index (χ2v) is 11.1. The molecule has 4 atom stereocenters. The summed E-state index contributed by atoms with van der Waals surface area (Å²) >= 11 is 0. The zero-order chi connectivity index (χ0) is 29.0. The molecule has 0 radical (unpaired) electrons. The molecule has 0 unspecified atom stereocenters. The zero-order valence-electron chi connectivity index (χ0n) is 23.5. The Bertz CT molecular complexity index is 1250. The first-order valence-corrected chi connectivity index (χ1v) is 13.7. The summed E-state index contributed by atoms with van der Waals surface area (Å²) in [6.45, 7) is 5.26. The van der Waals surface area contributed by atoms with Crippen molar-refractivity contribution in [2.75, 3.05) is 13.7 Å². The molecule has 0 bridgehead atoms. The van der Waals surface area contributed by atoms with E-state index >= 15 is 0 Å². The molecule has 40 heavy (non-hydrogen) atoms. The second kappa shape index (κ2) is 12.2. The molecule has 1 aliphatic heterocycles. The summed E-state index contributed by atoms with van der Waals surface area (Å²) < 4.78 is 15.7. The maximum Gasteiger partial charge on any atom is 0.287 e. The fraction of sp³-hybridized carbons (Fsp3) is 0.552. The lowest BCUT2D eigenvalue weighted by molar-refractivity contribution is -0.133. The van der Waals surface area contributed by atoms with Crippen molar-refractivity contribution in [3.8, 4) is 5.75 Å². The summed E-state index contributed by atoms with van der Waals surface area (Å²) in [5.74, 6) is -1.83. The molecule has 1 aliphatic carbocycles. The Kier molecular flexibility index (Phi) is 8.92. The average Bonchev–Trinajstić information content (AvgIpc) is 3.29. The normalized spacial score (nSPS) is 20.8. The van der Waals surface area contributed by atoms with Gasteiger partial charge in [-0.3, -0.25) is 19.2 Å². The Labute approximate surface area is 233 Å². The van der Waals surface area contributed by atoms with E-state index in [0.29, 0.717) is 30.3 Å². The van der Waals surface area contributed by atoms with Gasteiger partial charge in [0.2, 0.25) is 17.6 Å². The van der Waals surface area contributed by atoms with E-state index < -0.39 is 41.3 Å². The number of benzene rings is 1. The van der Waals surface area contributed by atoms with Crippen LogP contribution < -0.4 is 21.1 Å². The number of carbonyl (C=O) groups excluding carboxylic acids is 4. The number of hydrogen-bond donors (Lipinski definition) is 3. The van der Waals surface area contributed by atoms with Gasteiger partial charge in [0.05, 0.1) is 31.4 Å². The Balaban J connectivity index is 1.55.